The zero-order valence-corrected chi connectivity index (χ0v) is 14.3. The van der Waals surface area contributed by atoms with Crippen LogP contribution in [0.1, 0.15) is 23.3 Å². The summed E-state index contributed by atoms with van der Waals surface area (Å²) >= 11 is 0. The number of anilines is 1. The predicted octanol–water partition coefficient (Wildman–Crippen LogP) is 0.204. The second kappa shape index (κ2) is 5.82. The zero-order chi connectivity index (χ0) is 18.4. The van der Waals surface area contributed by atoms with Crippen molar-refractivity contribution in [2.24, 2.45) is 5.14 Å². The van der Waals surface area contributed by atoms with Crippen LogP contribution >= 0.6 is 0 Å². The summed E-state index contributed by atoms with van der Waals surface area (Å²) < 4.78 is 49.5. The molecule has 0 unspecified atom stereocenters. The summed E-state index contributed by atoms with van der Waals surface area (Å²) in [7, 11) is -7.74. The van der Waals surface area contributed by atoms with Gasteiger partial charge in [0, 0.05) is 23.5 Å². The summed E-state index contributed by atoms with van der Waals surface area (Å²) in [5, 5.41) is 13.9. The minimum atomic E-state index is -4.28. The maximum Gasteiger partial charge on any atom is 0.354 e. The summed E-state index contributed by atoms with van der Waals surface area (Å²) in [5.41, 5.74) is -0.143. The second-order valence-corrected chi connectivity index (χ2v) is 8.89. The standard InChI is InChI=1S/C13H14N4O6S2/c14-25(22,23)17-6-5-10(12(17)13(18)19)8-1-4-11(15-7-8)16-24(20,21)9-2-3-9/h1,4-7,9H,2-3H2,(H,15,16)(H,18,19)(H2,14,22,23). The summed E-state index contributed by atoms with van der Waals surface area (Å²) in [4.78, 5) is 15.4. The normalized spacial score (nSPS) is 15.1. The van der Waals surface area contributed by atoms with Gasteiger partial charge in [-0.3, -0.25) is 4.72 Å². The van der Waals surface area contributed by atoms with Gasteiger partial charge in [0.25, 0.3) is 0 Å². The van der Waals surface area contributed by atoms with E-state index in [4.69, 9.17) is 5.14 Å². The molecule has 0 bridgehead atoms. The Morgan fingerprint density at radius 3 is 2.40 bits per heavy atom. The maximum atomic E-state index is 11.9. The van der Waals surface area contributed by atoms with Crippen LogP contribution in [0, 0.1) is 0 Å². The van der Waals surface area contributed by atoms with Crippen molar-refractivity contribution in [3.8, 4) is 11.1 Å². The Hall–Kier alpha value is -2.44. The Bertz CT molecular complexity index is 1040. The van der Waals surface area contributed by atoms with Gasteiger partial charge in [-0.05, 0) is 31.0 Å². The van der Waals surface area contributed by atoms with Crippen molar-refractivity contribution < 1.29 is 26.7 Å². The third-order valence-corrected chi connectivity index (χ3v) is 6.31. The fourth-order valence-corrected chi connectivity index (χ4v) is 4.29. The first-order chi connectivity index (χ1) is 11.6. The molecule has 2 aromatic heterocycles. The van der Waals surface area contributed by atoms with Gasteiger partial charge in [0.15, 0.2) is 5.69 Å². The number of carboxylic acid groups (broad SMARTS) is 1. The Kier molecular flexibility index (Phi) is 4.05. The van der Waals surface area contributed by atoms with Crippen molar-refractivity contribution in [3.05, 3.63) is 36.3 Å². The largest absolute Gasteiger partial charge is 0.477 e. The third-order valence-electron chi connectivity index (χ3n) is 3.61. The van der Waals surface area contributed by atoms with Crippen LogP contribution < -0.4 is 9.86 Å². The van der Waals surface area contributed by atoms with Crippen LogP contribution in [0.5, 0.6) is 0 Å². The van der Waals surface area contributed by atoms with E-state index >= 15 is 0 Å². The van der Waals surface area contributed by atoms with E-state index in [0.717, 1.165) is 6.20 Å². The van der Waals surface area contributed by atoms with Gasteiger partial charge >= 0.3 is 16.2 Å². The fourth-order valence-electron chi connectivity index (χ4n) is 2.29. The number of carbonyl (C=O) groups is 1. The predicted molar refractivity (Wildman–Crippen MR) is 88.7 cm³/mol. The summed E-state index contributed by atoms with van der Waals surface area (Å²) in [6.07, 6.45) is 3.49. The lowest BCUT2D eigenvalue weighted by atomic mass is 10.1. The van der Waals surface area contributed by atoms with E-state index in [2.05, 4.69) is 9.71 Å². The van der Waals surface area contributed by atoms with Crippen LogP contribution in [0.4, 0.5) is 5.82 Å². The number of nitrogens with zero attached hydrogens (tertiary/aromatic N) is 2. The average molecular weight is 386 g/mol. The highest BCUT2D eigenvalue weighted by atomic mass is 32.2. The van der Waals surface area contributed by atoms with Crippen LogP contribution in [0.25, 0.3) is 11.1 Å². The summed E-state index contributed by atoms with van der Waals surface area (Å²) in [6.45, 7) is 0. The van der Waals surface area contributed by atoms with Crippen molar-refractivity contribution in [1.82, 2.24) is 8.96 Å². The van der Waals surface area contributed by atoms with E-state index in [0.29, 0.717) is 22.4 Å². The van der Waals surface area contributed by atoms with Crippen molar-refractivity contribution in [2.75, 3.05) is 4.72 Å². The molecule has 2 heterocycles. The van der Waals surface area contributed by atoms with Crippen molar-refractivity contribution >= 4 is 32.0 Å². The molecule has 10 nitrogen and oxygen atoms in total. The van der Waals surface area contributed by atoms with Crippen LogP contribution in [0.2, 0.25) is 0 Å². The number of aromatic nitrogens is 2. The molecule has 4 N–H and O–H groups in total. The number of sulfonamides is 1. The van der Waals surface area contributed by atoms with E-state index in [1.165, 1.54) is 24.4 Å². The zero-order valence-electron chi connectivity index (χ0n) is 12.7. The number of hydrogen-bond acceptors (Lipinski definition) is 6. The van der Waals surface area contributed by atoms with Crippen LogP contribution in [0.15, 0.2) is 30.6 Å². The smallest absolute Gasteiger partial charge is 0.354 e. The number of carboxylic acids is 1. The highest BCUT2D eigenvalue weighted by Crippen LogP contribution is 2.30. The maximum absolute atomic E-state index is 11.9. The number of rotatable bonds is 6. The van der Waals surface area contributed by atoms with Crippen molar-refractivity contribution in [1.29, 1.82) is 0 Å². The minimum absolute atomic E-state index is 0.0885. The van der Waals surface area contributed by atoms with Gasteiger partial charge in [0.1, 0.15) is 5.82 Å². The quantitative estimate of drug-likeness (QED) is 0.639. The molecule has 0 atom stereocenters. The van der Waals surface area contributed by atoms with Crippen LogP contribution in [0.3, 0.4) is 0 Å². The Morgan fingerprint density at radius 2 is 1.92 bits per heavy atom. The highest BCUT2D eigenvalue weighted by molar-refractivity contribution is 7.93. The molecule has 0 radical (unpaired) electrons. The van der Waals surface area contributed by atoms with Crippen LogP contribution in [-0.2, 0) is 20.2 Å². The highest BCUT2D eigenvalue weighted by Gasteiger charge is 2.36. The molecule has 12 heteroatoms. The summed E-state index contributed by atoms with van der Waals surface area (Å²) in [6, 6.07) is 4.08. The number of hydrogen-bond donors (Lipinski definition) is 3. The van der Waals surface area contributed by atoms with Gasteiger partial charge < -0.3 is 5.11 Å². The minimum Gasteiger partial charge on any atom is -0.477 e. The number of nitrogens with two attached hydrogens (primary N) is 1. The lowest BCUT2D eigenvalue weighted by molar-refractivity contribution is 0.0690. The molecule has 3 rings (SSSR count). The van der Waals surface area contributed by atoms with Gasteiger partial charge in [-0.1, -0.05) is 0 Å². The molecule has 0 aliphatic heterocycles. The molecule has 1 aliphatic carbocycles. The molecule has 1 fully saturated rings. The summed E-state index contributed by atoms with van der Waals surface area (Å²) in [5.74, 6) is -1.38. The van der Waals surface area contributed by atoms with Gasteiger partial charge in [-0.15, -0.1) is 0 Å². The molecule has 0 amide bonds. The lowest BCUT2D eigenvalue weighted by Gasteiger charge is -2.08. The van der Waals surface area contributed by atoms with Gasteiger partial charge in [-0.25, -0.2) is 27.3 Å². The number of nitrogens with one attached hydrogen (secondary N) is 1. The average Bonchev–Trinajstić information content (AvgIpc) is 3.26. The van der Waals surface area contributed by atoms with Crippen molar-refractivity contribution in [2.45, 2.75) is 18.1 Å². The molecule has 0 aromatic carbocycles. The van der Waals surface area contributed by atoms with Gasteiger partial charge in [-0.2, -0.15) is 8.42 Å². The van der Waals surface area contributed by atoms with Crippen molar-refractivity contribution in [3.63, 3.8) is 0 Å². The number of aromatic carboxylic acids is 1. The molecule has 1 aliphatic rings. The van der Waals surface area contributed by atoms with E-state index < -0.39 is 37.1 Å². The first kappa shape index (κ1) is 17.4. The monoisotopic (exact) mass is 386 g/mol. The Labute approximate surface area is 143 Å². The Morgan fingerprint density at radius 1 is 1.24 bits per heavy atom. The fraction of sp³-hybridized carbons (Fsp3) is 0.231. The first-order valence-electron chi connectivity index (χ1n) is 7.05. The van der Waals surface area contributed by atoms with E-state index in [1.807, 2.05) is 0 Å². The molecule has 25 heavy (non-hydrogen) atoms. The third kappa shape index (κ3) is 3.50. The molecule has 2 aromatic rings. The molecule has 0 spiro atoms. The molecular formula is C13H14N4O6S2. The SMILES string of the molecule is NS(=O)(=O)n1ccc(-c2ccc(NS(=O)(=O)C3CC3)nc2)c1C(=O)O. The van der Waals surface area contributed by atoms with E-state index in [9.17, 15) is 26.7 Å². The Balaban J connectivity index is 1.95. The lowest BCUT2D eigenvalue weighted by Crippen LogP contribution is -2.24. The molecule has 134 valence electrons. The number of pyridine rings is 1. The van der Waals surface area contributed by atoms with E-state index in [1.54, 1.807) is 0 Å². The van der Waals surface area contributed by atoms with Gasteiger partial charge in [0.2, 0.25) is 10.0 Å². The van der Waals surface area contributed by atoms with Gasteiger partial charge in [0.05, 0.1) is 5.25 Å². The molecule has 0 saturated heterocycles. The topological polar surface area (TPSA) is 161 Å². The molecular weight excluding hydrogens is 372 g/mol. The van der Waals surface area contributed by atoms with Crippen LogP contribution in [-0.4, -0.2) is 42.1 Å². The second-order valence-electron chi connectivity index (χ2n) is 5.50. The first-order valence-corrected chi connectivity index (χ1v) is 10.1. The van der Waals surface area contributed by atoms with E-state index in [-0.39, 0.29) is 11.4 Å². The molecule has 1 saturated carbocycles.